The molecule has 1 aromatic carbocycles. The molecule has 1 atom stereocenters. The smallest absolute Gasteiger partial charge is 0.232 e. The van der Waals surface area contributed by atoms with Crippen LogP contribution in [0.4, 0.5) is 0 Å². The third-order valence-corrected chi connectivity index (χ3v) is 4.00. The van der Waals surface area contributed by atoms with Gasteiger partial charge in [0.15, 0.2) is 5.82 Å². The van der Waals surface area contributed by atoms with Crippen LogP contribution in [0.5, 0.6) is 0 Å². The average molecular weight is 271 g/mol. The third-order valence-electron chi connectivity index (χ3n) is 4.00. The van der Waals surface area contributed by atoms with Crippen LogP contribution in [0.3, 0.4) is 0 Å². The van der Waals surface area contributed by atoms with E-state index in [-0.39, 0.29) is 5.41 Å². The molecule has 3 rings (SSSR count). The van der Waals surface area contributed by atoms with E-state index in [2.05, 4.69) is 56.0 Å². The fourth-order valence-corrected chi connectivity index (χ4v) is 2.73. The largest absolute Gasteiger partial charge is 0.339 e. The van der Waals surface area contributed by atoms with Crippen molar-refractivity contribution in [3.63, 3.8) is 0 Å². The van der Waals surface area contributed by atoms with Crippen LogP contribution in [0.25, 0.3) is 0 Å². The van der Waals surface area contributed by atoms with Crippen molar-refractivity contribution in [2.75, 3.05) is 0 Å². The van der Waals surface area contributed by atoms with Crippen LogP contribution < -0.4 is 5.73 Å². The summed E-state index contributed by atoms with van der Waals surface area (Å²) in [4.78, 5) is 4.56. The zero-order valence-corrected chi connectivity index (χ0v) is 12.5. The number of nitrogens with zero attached hydrogens (tertiary/aromatic N) is 2. The van der Waals surface area contributed by atoms with Crippen molar-refractivity contribution >= 4 is 0 Å². The monoisotopic (exact) mass is 271 g/mol. The molecular formula is C16H21N3O. The Kier molecular flexibility index (Phi) is 2.77. The predicted octanol–water partition coefficient (Wildman–Crippen LogP) is 2.82. The lowest BCUT2D eigenvalue weighted by molar-refractivity contribution is 0.313. The van der Waals surface area contributed by atoms with E-state index in [1.165, 1.54) is 11.1 Å². The van der Waals surface area contributed by atoms with Crippen molar-refractivity contribution in [2.24, 2.45) is 5.73 Å². The standard InChI is InChI=1S/C16H21N3O/c1-10-5-6-11-7-8-16(17,12(11)9-10)13-18-14(20-19-13)15(2,3)4/h5-6,9H,7-8,17H2,1-4H3. The Hall–Kier alpha value is -1.68. The van der Waals surface area contributed by atoms with Crippen LogP contribution in [0.2, 0.25) is 0 Å². The molecule has 0 amide bonds. The molecule has 106 valence electrons. The Bertz CT molecular complexity index is 654. The first kappa shape index (κ1) is 13.3. The van der Waals surface area contributed by atoms with E-state index < -0.39 is 5.54 Å². The van der Waals surface area contributed by atoms with Gasteiger partial charge in [-0.15, -0.1) is 0 Å². The van der Waals surface area contributed by atoms with Crippen molar-refractivity contribution in [3.05, 3.63) is 46.6 Å². The number of aryl methyl sites for hydroxylation is 2. The summed E-state index contributed by atoms with van der Waals surface area (Å²) in [6.07, 6.45) is 1.79. The minimum Gasteiger partial charge on any atom is -0.339 e. The number of rotatable bonds is 1. The van der Waals surface area contributed by atoms with Gasteiger partial charge < -0.3 is 10.3 Å². The zero-order valence-electron chi connectivity index (χ0n) is 12.5. The van der Waals surface area contributed by atoms with Gasteiger partial charge in [0, 0.05) is 5.41 Å². The highest BCUT2D eigenvalue weighted by Gasteiger charge is 2.41. The van der Waals surface area contributed by atoms with Gasteiger partial charge in [0.1, 0.15) is 5.54 Å². The number of benzene rings is 1. The molecule has 1 aliphatic carbocycles. The quantitative estimate of drug-likeness (QED) is 0.866. The highest BCUT2D eigenvalue weighted by molar-refractivity contribution is 5.44. The van der Waals surface area contributed by atoms with Crippen molar-refractivity contribution in [1.82, 2.24) is 10.1 Å². The van der Waals surface area contributed by atoms with Crippen molar-refractivity contribution in [3.8, 4) is 0 Å². The molecule has 4 heteroatoms. The molecular weight excluding hydrogens is 250 g/mol. The van der Waals surface area contributed by atoms with E-state index in [9.17, 15) is 0 Å². The summed E-state index contributed by atoms with van der Waals surface area (Å²) in [5, 5.41) is 4.15. The van der Waals surface area contributed by atoms with Gasteiger partial charge >= 0.3 is 0 Å². The van der Waals surface area contributed by atoms with E-state index in [0.717, 1.165) is 18.4 Å². The lowest BCUT2D eigenvalue weighted by Gasteiger charge is -2.21. The second kappa shape index (κ2) is 4.16. The summed E-state index contributed by atoms with van der Waals surface area (Å²) < 4.78 is 5.41. The summed E-state index contributed by atoms with van der Waals surface area (Å²) in [5.74, 6) is 1.24. The van der Waals surface area contributed by atoms with Gasteiger partial charge in [-0.25, -0.2) is 0 Å². The first-order chi connectivity index (χ1) is 9.30. The van der Waals surface area contributed by atoms with Gasteiger partial charge in [-0.3, -0.25) is 0 Å². The normalized spacial score (nSPS) is 22.1. The van der Waals surface area contributed by atoms with Crippen LogP contribution in [-0.2, 0) is 17.4 Å². The number of aromatic nitrogens is 2. The summed E-state index contributed by atoms with van der Waals surface area (Å²) in [5.41, 5.74) is 9.50. The Balaban J connectivity index is 2.07. The molecule has 0 bridgehead atoms. The Labute approximate surface area is 119 Å². The first-order valence-corrected chi connectivity index (χ1v) is 7.04. The number of nitrogens with two attached hydrogens (primary N) is 1. The summed E-state index contributed by atoms with van der Waals surface area (Å²) in [6.45, 7) is 8.25. The summed E-state index contributed by atoms with van der Waals surface area (Å²) >= 11 is 0. The SMILES string of the molecule is Cc1ccc2c(c1)C(N)(c1noc(C(C)(C)C)n1)CC2. The molecule has 2 N–H and O–H groups in total. The highest BCUT2D eigenvalue weighted by Crippen LogP contribution is 2.39. The van der Waals surface area contributed by atoms with Crippen LogP contribution in [0.15, 0.2) is 22.7 Å². The van der Waals surface area contributed by atoms with Gasteiger partial charge in [0.05, 0.1) is 0 Å². The molecule has 0 saturated heterocycles. The molecule has 0 saturated carbocycles. The maximum Gasteiger partial charge on any atom is 0.232 e. The van der Waals surface area contributed by atoms with Gasteiger partial charge in [0.25, 0.3) is 0 Å². The van der Waals surface area contributed by atoms with E-state index >= 15 is 0 Å². The Morgan fingerprint density at radius 2 is 2.05 bits per heavy atom. The molecule has 1 unspecified atom stereocenters. The van der Waals surface area contributed by atoms with Gasteiger partial charge in [-0.2, -0.15) is 4.98 Å². The van der Waals surface area contributed by atoms with Crippen molar-refractivity contribution < 1.29 is 4.52 Å². The summed E-state index contributed by atoms with van der Waals surface area (Å²) in [6, 6.07) is 6.43. The predicted molar refractivity (Wildman–Crippen MR) is 77.5 cm³/mol. The molecule has 20 heavy (non-hydrogen) atoms. The van der Waals surface area contributed by atoms with Gasteiger partial charge in [-0.05, 0) is 30.9 Å². The molecule has 1 aliphatic rings. The Morgan fingerprint density at radius 1 is 1.30 bits per heavy atom. The van der Waals surface area contributed by atoms with Gasteiger partial charge in [-0.1, -0.05) is 49.7 Å². The van der Waals surface area contributed by atoms with E-state index in [1.807, 2.05) is 0 Å². The molecule has 1 heterocycles. The zero-order chi connectivity index (χ0) is 14.5. The topological polar surface area (TPSA) is 64.9 Å². The maximum absolute atomic E-state index is 6.63. The Morgan fingerprint density at radius 3 is 2.70 bits per heavy atom. The molecule has 0 spiro atoms. The molecule has 0 radical (unpaired) electrons. The average Bonchev–Trinajstić information content (AvgIpc) is 2.96. The van der Waals surface area contributed by atoms with Crippen molar-refractivity contribution in [1.29, 1.82) is 0 Å². The number of hydrogen-bond acceptors (Lipinski definition) is 4. The molecule has 0 fully saturated rings. The van der Waals surface area contributed by atoms with E-state index in [4.69, 9.17) is 10.3 Å². The van der Waals surface area contributed by atoms with Crippen molar-refractivity contribution in [2.45, 2.75) is 51.5 Å². The van der Waals surface area contributed by atoms with Crippen LogP contribution >= 0.6 is 0 Å². The molecule has 0 aliphatic heterocycles. The second-order valence-electron chi connectivity index (χ2n) is 6.81. The van der Waals surface area contributed by atoms with Crippen LogP contribution in [0, 0.1) is 6.92 Å². The number of hydrogen-bond donors (Lipinski definition) is 1. The minimum absolute atomic E-state index is 0.157. The molecule has 4 nitrogen and oxygen atoms in total. The van der Waals surface area contributed by atoms with Crippen LogP contribution in [-0.4, -0.2) is 10.1 Å². The molecule has 1 aromatic heterocycles. The highest BCUT2D eigenvalue weighted by atomic mass is 16.5. The maximum atomic E-state index is 6.63. The molecule has 2 aromatic rings. The van der Waals surface area contributed by atoms with E-state index in [1.54, 1.807) is 0 Å². The van der Waals surface area contributed by atoms with E-state index in [0.29, 0.717) is 11.7 Å². The minimum atomic E-state index is -0.617. The summed E-state index contributed by atoms with van der Waals surface area (Å²) in [7, 11) is 0. The fourth-order valence-electron chi connectivity index (χ4n) is 2.73. The number of fused-ring (bicyclic) bond motifs is 1. The first-order valence-electron chi connectivity index (χ1n) is 7.04. The fraction of sp³-hybridized carbons (Fsp3) is 0.500. The second-order valence-corrected chi connectivity index (χ2v) is 6.81. The lowest BCUT2D eigenvalue weighted by Crippen LogP contribution is -2.37. The van der Waals surface area contributed by atoms with Crippen LogP contribution in [0.1, 0.15) is 55.6 Å². The third kappa shape index (κ3) is 1.95. The lowest BCUT2D eigenvalue weighted by atomic mass is 9.91. The van der Waals surface area contributed by atoms with Gasteiger partial charge in [0.2, 0.25) is 5.89 Å².